The molecule has 0 saturated heterocycles. The Morgan fingerprint density at radius 2 is 2.03 bits per heavy atom. The Labute approximate surface area is 196 Å². The van der Waals surface area contributed by atoms with Gasteiger partial charge in [-0.15, -0.1) is 11.3 Å². The van der Waals surface area contributed by atoms with E-state index in [9.17, 15) is 4.79 Å². The van der Waals surface area contributed by atoms with Crippen LogP contribution in [0.15, 0.2) is 36.7 Å². The number of pyridine rings is 1. The van der Waals surface area contributed by atoms with Gasteiger partial charge in [-0.2, -0.15) is 0 Å². The van der Waals surface area contributed by atoms with Crippen LogP contribution in [0.5, 0.6) is 0 Å². The minimum Gasteiger partial charge on any atom is -0.370 e. The highest BCUT2D eigenvalue weighted by atomic mass is 32.1. The monoisotopic (exact) mass is 461 g/mol. The second-order valence-electron chi connectivity index (χ2n) is 9.10. The van der Waals surface area contributed by atoms with Gasteiger partial charge in [0.25, 0.3) is 0 Å². The van der Waals surface area contributed by atoms with Crippen LogP contribution in [0.1, 0.15) is 37.6 Å². The Hall–Kier alpha value is -3.10. The van der Waals surface area contributed by atoms with Gasteiger partial charge < -0.3 is 15.0 Å². The molecule has 1 aliphatic rings. The highest BCUT2D eigenvalue weighted by Crippen LogP contribution is 2.37. The van der Waals surface area contributed by atoms with Gasteiger partial charge in [-0.05, 0) is 44.0 Å². The molecule has 0 radical (unpaired) electrons. The fourth-order valence-electron chi connectivity index (χ4n) is 4.10. The molecule has 0 saturated carbocycles. The molecule has 0 unspecified atom stereocenters. The molecule has 0 atom stereocenters. The number of anilines is 2. The average Bonchev–Trinajstić information content (AvgIpc) is 3.15. The fraction of sp³-hybridized carbons (Fsp3) is 0.360. The molecule has 7 nitrogen and oxygen atoms in total. The predicted octanol–water partition coefficient (Wildman–Crippen LogP) is 4.73. The van der Waals surface area contributed by atoms with E-state index in [4.69, 9.17) is 9.72 Å². The number of benzene rings is 1. The van der Waals surface area contributed by atoms with Crippen molar-refractivity contribution in [3.8, 4) is 0 Å². The van der Waals surface area contributed by atoms with Crippen LogP contribution in [-0.2, 0) is 29.0 Å². The number of hydrogen-bond donors (Lipinski definition) is 1. The van der Waals surface area contributed by atoms with Crippen molar-refractivity contribution < 1.29 is 9.53 Å². The zero-order chi connectivity index (χ0) is 23.2. The van der Waals surface area contributed by atoms with Gasteiger partial charge in [0, 0.05) is 43.6 Å². The van der Waals surface area contributed by atoms with Crippen molar-refractivity contribution in [1.29, 1.82) is 0 Å². The SMILES string of the molecule is CC(=O)N(C)c1ccc(CCNc2ncnc3c2sc2nc4c(cc23)COC(C)(C)C4)cc1. The second kappa shape index (κ2) is 8.35. The average molecular weight is 462 g/mol. The Morgan fingerprint density at radius 3 is 2.79 bits per heavy atom. The van der Waals surface area contributed by atoms with E-state index >= 15 is 0 Å². The van der Waals surface area contributed by atoms with Gasteiger partial charge in [0.05, 0.1) is 28.1 Å². The zero-order valence-electron chi connectivity index (χ0n) is 19.3. The third-order valence-electron chi connectivity index (χ3n) is 6.13. The Balaban J connectivity index is 1.35. The van der Waals surface area contributed by atoms with E-state index < -0.39 is 0 Å². The number of fused-ring (bicyclic) bond motifs is 4. The number of amides is 1. The number of hydrogen-bond acceptors (Lipinski definition) is 7. The summed E-state index contributed by atoms with van der Waals surface area (Å²) in [5, 5.41) is 4.54. The van der Waals surface area contributed by atoms with Crippen molar-refractivity contribution in [1.82, 2.24) is 15.0 Å². The topological polar surface area (TPSA) is 80.2 Å². The molecule has 33 heavy (non-hydrogen) atoms. The van der Waals surface area contributed by atoms with Crippen LogP contribution in [0.4, 0.5) is 11.5 Å². The maximum absolute atomic E-state index is 11.5. The van der Waals surface area contributed by atoms with Crippen molar-refractivity contribution in [2.45, 2.75) is 45.8 Å². The van der Waals surface area contributed by atoms with Crippen molar-refractivity contribution in [3.63, 3.8) is 0 Å². The lowest BCUT2D eigenvalue weighted by Gasteiger charge is -2.30. The molecule has 0 aliphatic carbocycles. The van der Waals surface area contributed by atoms with Crippen LogP contribution in [0, 0.1) is 0 Å². The first-order valence-corrected chi connectivity index (χ1v) is 11.9. The molecule has 1 N–H and O–H groups in total. The molecule has 1 aromatic carbocycles. The van der Waals surface area contributed by atoms with Gasteiger partial charge in [0.1, 0.15) is 17.0 Å². The largest absolute Gasteiger partial charge is 0.370 e. The molecule has 0 spiro atoms. The van der Waals surface area contributed by atoms with Crippen molar-refractivity contribution in [2.24, 2.45) is 0 Å². The van der Waals surface area contributed by atoms with Crippen LogP contribution >= 0.6 is 11.3 Å². The number of aromatic nitrogens is 3. The molecule has 1 amide bonds. The minimum absolute atomic E-state index is 0.0205. The van der Waals surface area contributed by atoms with E-state index in [-0.39, 0.29) is 11.5 Å². The molecular formula is C25H27N5O2S. The number of rotatable bonds is 5. The molecule has 0 fully saturated rings. The summed E-state index contributed by atoms with van der Waals surface area (Å²) in [5.74, 6) is 0.859. The van der Waals surface area contributed by atoms with Gasteiger partial charge in [0.2, 0.25) is 5.91 Å². The third kappa shape index (κ3) is 4.28. The highest BCUT2D eigenvalue weighted by molar-refractivity contribution is 7.25. The molecule has 1 aliphatic heterocycles. The summed E-state index contributed by atoms with van der Waals surface area (Å²) < 4.78 is 7.01. The summed E-state index contributed by atoms with van der Waals surface area (Å²) in [4.78, 5) is 28.2. The molecule has 4 aromatic rings. The summed E-state index contributed by atoms with van der Waals surface area (Å²) in [7, 11) is 1.78. The van der Waals surface area contributed by atoms with Crippen LogP contribution in [-0.4, -0.2) is 40.1 Å². The second-order valence-corrected chi connectivity index (χ2v) is 10.1. The van der Waals surface area contributed by atoms with Crippen LogP contribution in [0.3, 0.4) is 0 Å². The lowest BCUT2D eigenvalue weighted by atomic mass is 9.95. The van der Waals surface area contributed by atoms with E-state index in [1.165, 1.54) is 5.56 Å². The first-order valence-electron chi connectivity index (χ1n) is 11.1. The number of thiophene rings is 1. The van der Waals surface area contributed by atoms with E-state index in [0.717, 1.165) is 62.6 Å². The summed E-state index contributed by atoms with van der Waals surface area (Å²) in [6.07, 6.45) is 3.27. The van der Waals surface area contributed by atoms with Crippen molar-refractivity contribution >= 4 is 49.2 Å². The van der Waals surface area contributed by atoms with Crippen molar-refractivity contribution in [3.05, 3.63) is 53.5 Å². The lowest BCUT2D eigenvalue weighted by molar-refractivity contribution is -0.116. The summed E-state index contributed by atoms with van der Waals surface area (Å²) in [6, 6.07) is 10.3. The van der Waals surface area contributed by atoms with Gasteiger partial charge in [0.15, 0.2) is 0 Å². The molecular weight excluding hydrogens is 434 g/mol. The van der Waals surface area contributed by atoms with Crippen molar-refractivity contribution in [2.75, 3.05) is 23.8 Å². The van der Waals surface area contributed by atoms with E-state index in [0.29, 0.717) is 6.61 Å². The van der Waals surface area contributed by atoms with Gasteiger partial charge in [-0.3, -0.25) is 4.79 Å². The predicted molar refractivity (Wildman–Crippen MR) is 133 cm³/mol. The summed E-state index contributed by atoms with van der Waals surface area (Å²) in [6.45, 7) is 7.10. The Bertz CT molecular complexity index is 1350. The molecule has 8 heteroatoms. The molecule has 5 rings (SSSR count). The minimum atomic E-state index is -0.184. The molecule has 0 bridgehead atoms. The van der Waals surface area contributed by atoms with E-state index in [1.54, 1.807) is 36.5 Å². The summed E-state index contributed by atoms with van der Waals surface area (Å²) >= 11 is 1.64. The Kier molecular flexibility index (Phi) is 5.50. The zero-order valence-corrected chi connectivity index (χ0v) is 20.1. The van der Waals surface area contributed by atoms with Crippen LogP contribution in [0.25, 0.3) is 20.4 Å². The number of ether oxygens (including phenoxy) is 1. The van der Waals surface area contributed by atoms with E-state index in [2.05, 4.69) is 47.3 Å². The smallest absolute Gasteiger partial charge is 0.223 e. The third-order valence-corrected chi connectivity index (χ3v) is 7.22. The summed E-state index contributed by atoms with van der Waals surface area (Å²) in [5.41, 5.74) is 5.11. The number of carbonyl (C=O) groups is 1. The van der Waals surface area contributed by atoms with Gasteiger partial charge in [-0.1, -0.05) is 12.1 Å². The first-order chi connectivity index (χ1) is 15.8. The standard InChI is InChI=1S/C25H27N5O2S/c1-15(31)30(4)18-7-5-16(6-8-18)9-10-26-23-22-21(27-14-28-23)19-11-17-13-32-25(2,3)12-20(17)29-24(19)33-22/h5-8,11,14H,9-10,12-13H2,1-4H3,(H,26,27,28). The molecule has 170 valence electrons. The molecule has 3 aromatic heterocycles. The quantitative estimate of drug-likeness (QED) is 0.463. The van der Waals surface area contributed by atoms with Crippen LogP contribution in [0.2, 0.25) is 0 Å². The number of nitrogens with zero attached hydrogens (tertiary/aromatic N) is 4. The number of nitrogens with one attached hydrogen (secondary N) is 1. The maximum atomic E-state index is 11.5. The lowest BCUT2D eigenvalue weighted by Crippen LogP contribution is -2.32. The van der Waals surface area contributed by atoms with Gasteiger partial charge >= 0.3 is 0 Å². The van der Waals surface area contributed by atoms with Gasteiger partial charge in [-0.25, -0.2) is 15.0 Å². The Morgan fingerprint density at radius 1 is 1.24 bits per heavy atom. The number of carbonyl (C=O) groups excluding carboxylic acids is 1. The normalized spacial score (nSPS) is 14.9. The fourth-order valence-corrected chi connectivity index (χ4v) is 5.20. The maximum Gasteiger partial charge on any atom is 0.223 e. The van der Waals surface area contributed by atoms with E-state index in [1.807, 2.05) is 12.1 Å². The molecule has 4 heterocycles. The van der Waals surface area contributed by atoms with Crippen LogP contribution < -0.4 is 10.2 Å². The first kappa shape index (κ1) is 21.7. The highest BCUT2D eigenvalue weighted by Gasteiger charge is 2.28.